The summed E-state index contributed by atoms with van der Waals surface area (Å²) in [5, 5.41) is 5.76. The Balaban J connectivity index is 1.61. The van der Waals surface area contributed by atoms with E-state index in [1.165, 1.54) is 16.9 Å². The second kappa shape index (κ2) is 5.95. The van der Waals surface area contributed by atoms with Crippen molar-refractivity contribution in [2.45, 2.75) is 24.7 Å². The van der Waals surface area contributed by atoms with E-state index in [9.17, 15) is 4.79 Å². The monoisotopic (exact) mass is 301 g/mol. The van der Waals surface area contributed by atoms with E-state index in [0.717, 1.165) is 24.3 Å². The largest absolute Gasteiger partial charge is 0.350 e. The SMILES string of the molecule is NCCc1nc(C(=O)NCC2(c3ccccc3)CC2)cs1. The van der Waals surface area contributed by atoms with Gasteiger partial charge in [0.2, 0.25) is 0 Å². The number of aromatic nitrogens is 1. The van der Waals surface area contributed by atoms with Crippen LogP contribution in [-0.4, -0.2) is 24.0 Å². The smallest absolute Gasteiger partial charge is 0.270 e. The fourth-order valence-corrected chi connectivity index (χ4v) is 3.30. The Morgan fingerprint density at radius 1 is 1.33 bits per heavy atom. The topological polar surface area (TPSA) is 68.0 Å². The Morgan fingerprint density at radius 3 is 2.76 bits per heavy atom. The van der Waals surface area contributed by atoms with E-state index in [2.05, 4.69) is 34.6 Å². The molecule has 3 rings (SSSR count). The van der Waals surface area contributed by atoms with Gasteiger partial charge in [-0.2, -0.15) is 0 Å². The van der Waals surface area contributed by atoms with Crippen molar-refractivity contribution in [2.75, 3.05) is 13.1 Å². The highest BCUT2D eigenvalue weighted by Crippen LogP contribution is 2.47. The molecule has 4 nitrogen and oxygen atoms in total. The maximum atomic E-state index is 12.2. The lowest BCUT2D eigenvalue weighted by molar-refractivity contribution is 0.0945. The molecule has 0 bridgehead atoms. The van der Waals surface area contributed by atoms with Crippen LogP contribution >= 0.6 is 11.3 Å². The highest BCUT2D eigenvalue weighted by Gasteiger charge is 2.44. The van der Waals surface area contributed by atoms with Gasteiger partial charge in [-0.3, -0.25) is 4.79 Å². The zero-order valence-electron chi connectivity index (χ0n) is 11.8. The van der Waals surface area contributed by atoms with Crippen LogP contribution in [0, 0.1) is 0 Å². The lowest BCUT2D eigenvalue weighted by Crippen LogP contribution is -2.32. The van der Waals surface area contributed by atoms with Gasteiger partial charge in [0.05, 0.1) is 5.01 Å². The third-order valence-electron chi connectivity index (χ3n) is 3.97. The number of nitrogens with zero attached hydrogens (tertiary/aromatic N) is 1. The van der Waals surface area contributed by atoms with Crippen LogP contribution in [0.3, 0.4) is 0 Å². The first-order chi connectivity index (χ1) is 10.2. The molecule has 21 heavy (non-hydrogen) atoms. The van der Waals surface area contributed by atoms with E-state index in [1.54, 1.807) is 0 Å². The second-order valence-electron chi connectivity index (χ2n) is 5.49. The predicted molar refractivity (Wildman–Crippen MR) is 84.6 cm³/mol. The Hall–Kier alpha value is -1.72. The molecule has 110 valence electrons. The number of nitrogens with two attached hydrogens (primary N) is 1. The lowest BCUT2D eigenvalue weighted by Gasteiger charge is -2.16. The van der Waals surface area contributed by atoms with Gasteiger partial charge in [0, 0.05) is 23.8 Å². The summed E-state index contributed by atoms with van der Waals surface area (Å²) in [5.41, 5.74) is 7.45. The molecule has 1 aliphatic rings. The van der Waals surface area contributed by atoms with E-state index in [1.807, 2.05) is 11.4 Å². The first-order valence-corrected chi connectivity index (χ1v) is 8.10. The second-order valence-corrected chi connectivity index (χ2v) is 6.44. The number of thiazole rings is 1. The normalized spacial score (nSPS) is 15.7. The number of hydrogen-bond donors (Lipinski definition) is 2. The van der Waals surface area contributed by atoms with E-state index in [4.69, 9.17) is 5.73 Å². The lowest BCUT2D eigenvalue weighted by atomic mass is 9.96. The molecular weight excluding hydrogens is 282 g/mol. The molecule has 1 fully saturated rings. The van der Waals surface area contributed by atoms with Gasteiger partial charge >= 0.3 is 0 Å². The molecule has 1 aliphatic carbocycles. The van der Waals surface area contributed by atoms with Gasteiger partial charge in [0.15, 0.2) is 0 Å². The Bertz CT molecular complexity index is 619. The summed E-state index contributed by atoms with van der Waals surface area (Å²) in [6, 6.07) is 10.4. The average Bonchev–Trinajstić information content (AvgIpc) is 3.17. The van der Waals surface area contributed by atoms with E-state index in [-0.39, 0.29) is 11.3 Å². The van der Waals surface area contributed by atoms with Gasteiger partial charge in [-0.25, -0.2) is 4.98 Å². The number of carbonyl (C=O) groups is 1. The minimum absolute atomic E-state index is 0.0864. The van der Waals surface area contributed by atoms with Crippen molar-refractivity contribution in [1.29, 1.82) is 0 Å². The number of nitrogens with one attached hydrogen (secondary N) is 1. The maximum Gasteiger partial charge on any atom is 0.270 e. The number of hydrogen-bond acceptors (Lipinski definition) is 4. The summed E-state index contributed by atoms with van der Waals surface area (Å²) in [7, 11) is 0. The summed E-state index contributed by atoms with van der Waals surface area (Å²) in [6.45, 7) is 1.24. The molecule has 0 spiro atoms. The first kappa shape index (κ1) is 14.2. The van der Waals surface area contributed by atoms with Crippen LogP contribution in [0.4, 0.5) is 0 Å². The Kier molecular flexibility index (Phi) is 4.03. The van der Waals surface area contributed by atoms with Gasteiger partial charge in [-0.15, -0.1) is 11.3 Å². The number of rotatable bonds is 6. The number of carbonyl (C=O) groups excluding carboxylic acids is 1. The molecule has 1 heterocycles. The van der Waals surface area contributed by atoms with Gasteiger partial charge < -0.3 is 11.1 Å². The molecule has 0 unspecified atom stereocenters. The predicted octanol–water partition coefficient (Wildman–Crippen LogP) is 2.11. The van der Waals surface area contributed by atoms with Crippen LogP contribution in [-0.2, 0) is 11.8 Å². The standard InChI is InChI=1S/C16H19N3OS/c17-9-6-14-19-13(10-21-14)15(20)18-11-16(7-8-16)12-4-2-1-3-5-12/h1-5,10H,6-9,11,17H2,(H,18,20). The summed E-state index contributed by atoms with van der Waals surface area (Å²) < 4.78 is 0. The Morgan fingerprint density at radius 2 is 2.10 bits per heavy atom. The van der Waals surface area contributed by atoms with Crippen molar-refractivity contribution < 1.29 is 4.79 Å². The highest BCUT2D eigenvalue weighted by molar-refractivity contribution is 7.09. The van der Waals surface area contributed by atoms with Crippen molar-refractivity contribution in [1.82, 2.24) is 10.3 Å². The summed E-state index contributed by atoms with van der Waals surface area (Å²) in [6.07, 6.45) is 2.99. The van der Waals surface area contributed by atoms with Gasteiger partial charge in [0.1, 0.15) is 5.69 Å². The highest BCUT2D eigenvalue weighted by atomic mass is 32.1. The van der Waals surface area contributed by atoms with Gasteiger partial charge in [-0.05, 0) is 24.9 Å². The van der Waals surface area contributed by atoms with E-state index < -0.39 is 0 Å². The number of amides is 1. The molecule has 3 N–H and O–H groups in total. The molecule has 1 aromatic heterocycles. The van der Waals surface area contributed by atoms with E-state index in [0.29, 0.717) is 18.8 Å². The summed E-state index contributed by atoms with van der Waals surface area (Å²) in [4.78, 5) is 16.5. The fraction of sp³-hybridized carbons (Fsp3) is 0.375. The van der Waals surface area contributed by atoms with Crippen LogP contribution in [0.25, 0.3) is 0 Å². The minimum atomic E-state index is -0.0864. The Labute approximate surface area is 128 Å². The van der Waals surface area contributed by atoms with Gasteiger partial charge in [-0.1, -0.05) is 30.3 Å². The fourth-order valence-electron chi connectivity index (χ4n) is 2.50. The van der Waals surface area contributed by atoms with Crippen LogP contribution in [0.1, 0.15) is 33.9 Å². The molecule has 1 aromatic carbocycles. The molecule has 1 saturated carbocycles. The molecule has 0 atom stereocenters. The van der Waals surface area contributed by atoms with Crippen LogP contribution in [0.2, 0.25) is 0 Å². The van der Waals surface area contributed by atoms with E-state index >= 15 is 0 Å². The zero-order valence-corrected chi connectivity index (χ0v) is 12.7. The van der Waals surface area contributed by atoms with Crippen LogP contribution in [0.5, 0.6) is 0 Å². The molecule has 2 aromatic rings. The van der Waals surface area contributed by atoms with Crippen molar-refractivity contribution in [3.63, 3.8) is 0 Å². The third kappa shape index (κ3) is 3.14. The quantitative estimate of drug-likeness (QED) is 0.858. The van der Waals surface area contributed by atoms with Crippen molar-refractivity contribution >= 4 is 17.2 Å². The first-order valence-electron chi connectivity index (χ1n) is 7.22. The maximum absolute atomic E-state index is 12.2. The molecule has 5 heteroatoms. The molecule has 0 aliphatic heterocycles. The molecule has 0 radical (unpaired) electrons. The van der Waals surface area contributed by atoms with Crippen LogP contribution < -0.4 is 11.1 Å². The average molecular weight is 301 g/mol. The summed E-state index contributed by atoms with van der Waals surface area (Å²) >= 11 is 1.50. The van der Waals surface area contributed by atoms with Gasteiger partial charge in [0.25, 0.3) is 5.91 Å². The zero-order chi connectivity index (χ0) is 14.7. The van der Waals surface area contributed by atoms with Crippen molar-refractivity contribution in [3.8, 4) is 0 Å². The molecule has 0 saturated heterocycles. The minimum Gasteiger partial charge on any atom is -0.350 e. The van der Waals surface area contributed by atoms with Crippen LogP contribution in [0.15, 0.2) is 35.7 Å². The molecular formula is C16H19N3OS. The number of benzene rings is 1. The van der Waals surface area contributed by atoms with Crippen molar-refractivity contribution in [3.05, 3.63) is 52.0 Å². The van der Waals surface area contributed by atoms with Crippen molar-refractivity contribution in [2.24, 2.45) is 5.73 Å². The molecule has 1 amide bonds. The summed E-state index contributed by atoms with van der Waals surface area (Å²) in [5.74, 6) is -0.0864. The third-order valence-corrected chi connectivity index (χ3v) is 4.88.